The molecule has 140 valence electrons. The van der Waals surface area contributed by atoms with E-state index in [1.165, 1.54) is 18.2 Å². The average Bonchev–Trinajstić information content (AvgIpc) is 2.78. The number of hydrogen-bond acceptors (Lipinski definition) is 4. The molecule has 0 aliphatic carbocycles. The molecule has 5 nitrogen and oxygen atoms in total. The second-order valence-electron chi connectivity index (χ2n) is 6.50. The van der Waals surface area contributed by atoms with Crippen molar-refractivity contribution in [1.29, 1.82) is 0 Å². The van der Waals surface area contributed by atoms with Gasteiger partial charge in [0.2, 0.25) is 10.0 Å². The minimum atomic E-state index is -3.46. The summed E-state index contributed by atoms with van der Waals surface area (Å²) in [5, 5.41) is 1.44. The van der Waals surface area contributed by atoms with E-state index in [-0.39, 0.29) is 11.2 Å². The van der Waals surface area contributed by atoms with Crippen LogP contribution in [0.5, 0.6) is 0 Å². The molecule has 0 radical (unpaired) electrons. The van der Waals surface area contributed by atoms with E-state index < -0.39 is 10.0 Å². The molecule has 0 bridgehead atoms. The van der Waals surface area contributed by atoms with Gasteiger partial charge < -0.3 is 0 Å². The molecule has 0 atom stereocenters. The van der Waals surface area contributed by atoms with Crippen LogP contribution in [0.15, 0.2) is 71.7 Å². The monoisotopic (exact) mass is 394 g/mol. The second kappa shape index (κ2) is 6.69. The molecule has 0 unspecified atom stereocenters. The lowest BCUT2D eigenvalue weighted by Crippen LogP contribution is -2.10. The second-order valence-corrected chi connectivity index (χ2v) is 8.25. The lowest BCUT2D eigenvalue weighted by molar-refractivity contribution is 0.607. The summed E-state index contributed by atoms with van der Waals surface area (Å²) in [4.78, 5) is 17.5. The van der Waals surface area contributed by atoms with Crippen molar-refractivity contribution in [3.8, 4) is 11.1 Å². The highest BCUT2D eigenvalue weighted by molar-refractivity contribution is 7.92. The Morgan fingerprint density at radius 1 is 0.893 bits per heavy atom. The molecule has 0 aliphatic heterocycles. The van der Waals surface area contributed by atoms with E-state index in [9.17, 15) is 17.6 Å². The van der Waals surface area contributed by atoms with Crippen molar-refractivity contribution in [2.45, 2.75) is 0 Å². The van der Waals surface area contributed by atoms with E-state index in [4.69, 9.17) is 0 Å². The fourth-order valence-corrected chi connectivity index (χ4v) is 3.63. The molecule has 1 N–H and O–H groups in total. The van der Waals surface area contributed by atoms with Gasteiger partial charge in [-0.1, -0.05) is 24.3 Å². The number of sulfonamides is 1. The molecular weight excluding hydrogens is 379 g/mol. The summed E-state index contributed by atoms with van der Waals surface area (Å²) >= 11 is 0. The summed E-state index contributed by atoms with van der Waals surface area (Å²) in [6.07, 6.45) is 2.69. The molecule has 7 heteroatoms. The van der Waals surface area contributed by atoms with Crippen molar-refractivity contribution < 1.29 is 12.8 Å². The Labute approximate surface area is 160 Å². The van der Waals surface area contributed by atoms with Crippen LogP contribution >= 0.6 is 0 Å². The van der Waals surface area contributed by atoms with Crippen molar-refractivity contribution in [1.82, 2.24) is 4.98 Å². The number of fused-ring (bicyclic) bond motifs is 2. The van der Waals surface area contributed by atoms with Crippen LogP contribution in [0.1, 0.15) is 0 Å². The molecule has 0 amide bonds. The van der Waals surface area contributed by atoms with E-state index in [2.05, 4.69) is 9.71 Å². The molecule has 0 aliphatic rings. The molecule has 4 rings (SSSR count). The van der Waals surface area contributed by atoms with Gasteiger partial charge >= 0.3 is 0 Å². The molecular formula is C21H15FN2O3S. The minimum absolute atomic E-state index is 0.261. The Bertz CT molecular complexity index is 1390. The number of rotatable bonds is 3. The van der Waals surface area contributed by atoms with E-state index in [0.717, 1.165) is 11.8 Å². The van der Waals surface area contributed by atoms with E-state index in [1.54, 1.807) is 48.7 Å². The summed E-state index contributed by atoms with van der Waals surface area (Å²) in [6, 6.07) is 16.0. The summed E-state index contributed by atoms with van der Waals surface area (Å²) in [5.41, 5.74) is 2.00. The molecule has 0 fully saturated rings. The molecule has 3 aromatic carbocycles. The number of anilines is 1. The normalized spacial score (nSPS) is 11.6. The summed E-state index contributed by atoms with van der Waals surface area (Å²) in [7, 11) is -3.46. The first kappa shape index (κ1) is 18.1. The predicted molar refractivity (Wildman–Crippen MR) is 109 cm³/mol. The number of benzene rings is 2. The summed E-state index contributed by atoms with van der Waals surface area (Å²) < 4.78 is 38.6. The Kier molecular flexibility index (Phi) is 4.31. The molecule has 0 spiro atoms. The van der Waals surface area contributed by atoms with Crippen molar-refractivity contribution >= 4 is 37.4 Å². The maximum Gasteiger partial charge on any atom is 0.229 e. The highest BCUT2D eigenvalue weighted by Crippen LogP contribution is 2.23. The largest absolute Gasteiger partial charge is 0.289 e. The molecule has 0 saturated heterocycles. The number of nitrogens with one attached hydrogen (secondary N) is 1. The van der Waals surface area contributed by atoms with E-state index in [0.29, 0.717) is 32.9 Å². The van der Waals surface area contributed by atoms with Gasteiger partial charge in [0.15, 0.2) is 5.43 Å². The molecule has 1 aromatic heterocycles. The zero-order chi connectivity index (χ0) is 19.9. The Balaban J connectivity index is 1.97. The molecule has 0 saturated carbocycles. The lowest BCUT2D eigenvalue weighted by Gasteiger charge is -2.04. The van der Waals surface area contributed by atoms with Crippen molar-refractivity contribution in [2.75, 3.05) is 11.0 Å². The van der Waals surface area contributed by atoms with Gasteiger partial charge in [-0.3, -0.25) is 14.5 Å². The third-order valence-electron chi connectivity index (χ3n) is 4.36. The maximum absolute atomic E-state index is 13.2. The van der Waals surface area contributed by atoms with Gasteiger partial charge in [-0.25, -0.2) is 12.8 Å². The third kappa shape index (κ3) is 3.57. The van der Waals surface area contributed by atoms with Crippen molar-refractivity contribution in [2.24, 2.45) is 0 Å². The standard InChI is InChI=1S/C21H15FN2O3S/c1-28(26,27)24-17-8-4-14-5-9-20-19(21(25)18(14)11-17)10-15(12-23-20)13-2-6-16(22)7-3-13/h2-12,24H,1H3. The Morgan fingerprint density at radius 2 is 1.61 bits per heavy atom. The van der Waals surface area contributed by atoms with E-state index >= 15 is 0 Å². The molecule has 1 heterocycles. The minimum Gasteiger partial charge on any atom is -0.289 e. The van der Waals surface area contributed by atoms with Crippen molar-refractivity contribution in [3.05, 3.63) is 82.9 Å². The third-order valence-corrected chi connectivity index (χ3v) is 4.97. The number of aromatic nitrogens is 1. The van der Waals surface area contributed by atoms with Crippen LogP contribution in [0.2, 0.25) is 0 Å². The maximum atomic E-state index is 13.2. The van der Waals surface area contributed by atoms with E-state index in [1.807, 2.05) is 0 Å². The predicted octanol–water partition coefficient (Wildman–Crippen LogP) is 3.93. The summed E-state index contributed by atoms with van der Waals surface area (Å²) in [6.45, 7) is 0. The first-order chi connectivity index (χ1) is 13.3. The van der Waals surface area contributed by atoms with Crippen molar-refractivity contribution in [3.63, 3.8) is 0 Å². The van der Waals surface area contributed by atoms with Crippen LogP contribution in [0.25, 0.3) is 32.8 Å². The van der Waals surface area contributed by atoms with Crippen LogP contribution in [0.3, 0.4) is 0 Å². The van der Waals surface area contributed by atoms with Gasteiger partial charge in [0, 0.05) is 28.2 Å². The van der Waals surface area contributed by atoms with Crippen LogP contribution in [0.4, 0.5) is 10.1 Å². The molecule has 4 aromatic rings. The average molecular weight is 394 g/mol. The SMILES string of the molecule is CS(=O)(=O)Nc1ccc2ccc3ncc(-c4ccc(F)cc4)cc3c(=O)c2c1. The topological polar surface area (TPSA) is 76.1 Å². The van der Waals surface area contributed by atoms with Gasteiger partial charge in [0.25, 0.3) is 0 Å². The first-order valence-corrected chi connectivity index (χ1v) is 10.3. The molecule has 28 heavy (non-hydrogen) atoms. The smallest absolute Gasteiger partial charge is 0.229 e. The number of nitrogens with zero attached hydrogens (tertiary/aromatic N) is 1. The zero-order valence-electron chi connectivity index (χ0n) is 14.8. The van der Waals surface area contributed by atoms with Gasteiger partial charge in [-0.15, -0.1) is 0 Å². The number of pyridine rings is 1. The van der Waals surface area contributed by atoms with Gasteiger partial charge in [-0.05, 0) is 47.3 Å². The van der Waals surface area contributed by atoms with Gasteiger partial charge in [0.05, 0.1) is 11.8 Å². The highest BCUT2D eigenvalue weighted by atomic mass is 32.2. The van der Waals surface area contributed by atoms with Crippen LogP contribution in [-0.4, -0.2) is 19.7 Å². The number of hydrogen-bond donors (Lipinski definition) is 1. The Hall–Kier alpha value is -3.32. The zero-order valence-corrected chi connectivity index (χ0v) is 15.6. The van der Waals surface area contributed by atoms with Gasteiger partial charge in [-0.2, -0.15) is 0 Å². The van der Waals surface area contributed by atoms with Crippen LogP contribution in [0, 0.1) is 5.82 Å². The first-order valence-electron chi connectivity index (χ1n) is 8.41. The Morgan fingerprint density at radius 3 is 2.32 bits per heavy atom. The fraction of sp³-hybridized carbons (Fsp3) is 0.0476. The lowest BCUT2D eigenvalue weighted by atomic mass is 10.1. The van der Waals surface area contributed by atoms with Crippen LogP contribution in [-0.2, 0) is 10.0 Å². The van der Waals surface area contributed by atoms with Crippen LogP contribution < -0.4 is 10.2 Å². The van der Waals surface area contributed by atoms with Gasteiger partial charge in [0.1, 0.15) is 5.82 Å². The fourth-order valence-electron chi connectivity index (χ4n) is 3.08. The quantitative estimate of drug-likeness (QED) is 0.571. The number of halogens is 1. The highest BCUT2D eigenvalue weighted by Gasteiger charge is 2.09. The summed E-state index contributed by atoms with van der Waals surface area (Å²) in [5.74, 6) is -0.342.